The molecule has 0 saturated carbocycles. The van der Waals surface area contributed by atoms with Crippen molar-refractivity contribution in [3.05, 3.63) is 38.9 Å². The van der Waals surface area contributed by atoms with E-state index < -0.39 is 10.9 Å². The van der Waals surface area contributed by atoms with E-state index in [0.717, 1.165) is 0 Å². The first-order valence-corrected chi connectivity index (χ1v) is 6.58. The summed E-state index contributed by atoms with van der Waals surface area (Å²) in [5.74, 6) is -0.589. The van der Waals surface area contributed by atoms with Crippen molar-refractivity contribution in [1.82, 2.24) is 0 Å². The van der Waals surface area contributed by atoms with Gasteiger partial charge < -0.3 is 4.74 Å². The van der Waals surface area contributed by atoms with Gasteiger partial charge in [0.1, 0.15) is 0 Å². The molecule has 1 rings (SSSR count). The monoisotopic (exact) mass is 326 g/mol. The van der Waals surface area contributed by atoms with Crippen LogP contribution in [-0.2, 0) is 21.3 Å². The number of benzene rings is 1. The van der Waals surface area contributed by atoms with Crippen molar-refractivity contribution < 1.29 is 14.5 Å². The van der Waals surface area contributed by atoms with Gasteiger partial charge in [0, 0.05) is 10.9 Å². The zero-order chi connectivity index (χ0) is 14.4. The van der Waals surface area contributed by atoms with Crippen LogP contribution >= 0.6 is 15.9 Å². The number of carbonyl (C=O) groups excluding carboxylic acids is 1. The molecule has 7 heteroatoms. The van der Waals surface area contributed by atoms with Gasteiger partial charge in [0.2, 0.25) is 0 Å². The molecule has 0 aliphatic rings. The highest BCUT2D eigenvalue weighted by Gasteiger charge is 2.24. The highest BCUT2D eigenvalue weighted by molar-refractivity contribution is 9.08. The molecule has 6 nitrogen and oxygen atoms in total. The van der Waals surface area contributed by atoms with E-state index in [1.54, 1.807) is 6.92 Å². The Kier molecular flexibility index (Phi) is 5.45. The molecule has 0 saturated heterocycles. The summed E-state index contributed by atoms with van der Waals surface area (Å²) in [4.78, 5) is 22.0. The Bertz CT molecular complexity index is 551. The molecule has 0 bridgehead atoms. The first kappa shape index (κ1) is 15.1. The van der Waals surface area contributed by atoms with Crippen molar-refractivity contribution in [3.63, 3.8) is 0 Å². The van der Waals surface area contributed by atoms with E-state index in [0.29, 0.717) is 5.56 Å². The number of nitro benzene ring substituents is 1. The molecule has 0 amide bonds. The summed E-state index contributed by atoms with van der Waals surface area (Å²) in [5, 5.41) is 20.4. The summed E-state index contributed by atoms with van der Waals surface area (Å²) in [6.07, 6.45) is -0.284. The van der Waals surface area contributed by atoms with Gasteiger partial charge in [0.25, 0.3) is 5.69 Å². The van der Waals surface area contributed by atoms with Crippen molar-refractivity contribution in [2.24, 2.45) is 0 Å². The zero-order valence-corrected chi connectivity index (χ0v) is 11.8. The van der Waals surface area contributed by atoms with Crippen LogP contribution in [0.4, 0.5) is 5.69 Å². The van der Waals surface area contributed by atoms with Gasteiger partial charge in [-0.15, -0.1) is 0 Å². The molecule has 0 N–H and O–H groups in total. The predicted octanol–water partition coefficient (Wildman–Crippen LogP) is 2.47. The van der Waals surface area contributed by atoms with Crippen molar-refractivity contribution >= 4 is 27.6 Å². The van der Waals surface area contributed by atoms with E-state index in [2.05, 4.69) is 15.9 Å². The number of esters is 1. The number of hydrogen-bond acceptors (Lipinski definition) is 5. The SMILES string of the molecule is CCOC(=O)Cc1c(C#N)ccc(CBr)c1[N+](=O)[O-]. The number of nitrogens with zero attached hydrogens (tertiary/aromatic N) is 2. The third-order valence-corrected chi connectivity index (χ3v) is 3.04. The van der Waals surface area contributed by atoms with Gasteiger partial charge in [-0.2, -0.15) is 5.26 Å². The largest absolute Gasteiger partial charge is 0.466 e. The lowest BCUT2D eigenvalue weighted by Gasteiger charge is -2.08. The van der Waals surface area contributed by atoms with E-state index in [-0.39, 0.29) is 35.2 Å². The minimum atomic E-state index is -0.589. The molecule has 1 aromatic carbocycles. The molecule has 0 aliphatic heterocycles. The smallest absolute Gasteiger partial charge is 0.310 e. The molecular formula is C12H11BrN2O4. The maximum Gasteiger partial charge on any atom is 0.310 e. The molecule has 0 spiro atoms. The van der Waals surface area contributed by atoms with E-state index in [9.17, 15) is 14.9 Å². The molecule has 0 atom stereocenters. The average molecular weight is 327 g/mol. The Labute approximate surface area is 118 Å². The second-order valence-electron chi connectivity index (χ2n) is 3.58. The lowest BCUT2D eigenvalue weighted by molar-refractivity contribution is -0.386. The Morgan fingerprint density at radius 1 is 1.58 bits per heavy atom. The van der Waals surface area contributed by atoms with Gasteiger partial charge in [-0.25, -0.2) is 0 Å². The maximum atomic E-state index is 11.5. The summed E-state index contributed by atoms with van der Waals surface area (Å²) in [5.41, 5.74) is 0.430. The van der Waals surface area contributed by atoms with Crippen LogP contribution in [0.1, 0.15) is 23.6 Å². The van der Waals surface area contributed by atoms with Gasteiger partial charge in [0.15, 0.2) is 0 Å². The number of alkyl halides is 1. The number of ether oxygens (including phenoxy) is 1. The van der Waals surface area contributed by atoms with E-state index >= 15 is 0 Å². The third-order valence-electron chi connectivity index (χ3n) is 2.44. The van der Waals surface area contributed by atoms with Crippen molar-refractivity contribution in [2.75, 3.05) is 6.61 Å². The molecule has 19 heavy (non-hydrogen) atoms. The predicted molar refractivity (Wildman–Crippen MR) is 70.8 cm³/mol. The van der Waals surface area contributed by atoms with E-state index in [1.165, 1.54) is 12.1 Å². The number of nitriles is 1. The number of carbonyl (C=O) groups is 1. The second kappa shape index (κ2) is 6.85. The molecule has 0 heterocycles. The summed E-state index contributed by atoms with van der Waals surface area (Å²) in [6, 6.07) is 4.83. The number of halogens is 1. The fraction of sp³-hybridized carbons (Fsp3) is 0.333. The quantitative estimate of drug-likeness (QED) is 0.358. The molecule has 0 unspecified atom stereocenters. The van der Waals surface area contributed by atoms with E-state index in [4.69, 9.17) is 10.00 Å². The lowest BCUT2D eigenvalue weighted by atomic mass is 9.99. The summed E-state index contributed by atoms with van der Waals surface area (Å²) >= 11 is 3.15. The average Bonchev–Trinajstić information content (AvgIpc) is 2.37. The van der Waals surface area contributed by atoms with E-state index in [1.807, 2.05) is 6.07 Å². The standard InChI is InChI=1S/C12H11BrN2O4/c1-2-19-11(16)5-10-9(7-14)4-3-8(6-13)12(10)15(17)18/h3-4H,2,5-6H2,1H3. The van der Waals surface area contributed by atoms with Crippen LogP contribution in [0.25, 0.3) is 0 Å². The topological polar surface area (TPSA) is 93.2 Å². The highest BCUT2D eigenvalue weighted by Crippen LogP contribution is 2.29. The Balaban J connectivity index is 3.36. The Morgan fingerprint density at radius 3 is 2.74 bits per heavy atom. The molecule has 1 aromatic rings. The molecule has 0 radical (unpaired) electrons. The van der Waals surface area contributed by atoms with Crippen LogP contribution < -0.4 is 0 Å². The maximum absolute atomic E-state index is 11.5. The van der Waals surface area contributed by atoms with Crippen LogP contribution in [0.15, 0.2) is 12.1 Å². The van der Waals surface area contributed by atoms with Crippen LogP contribution in [0.2, 0.25) is 0 Å². The zero-order valence-electron chi connectivity index (χ0n) is 10.2. The van der Waals surface area contributed by atoms with Gasteiger partial charge in [-0.05, 0) is 19.1 Å². The van der Waals surface area contributed by atoms with Crippen LogP contribution in [0, 0.1) is 21.4 Å². The first-order chi connectivity index (χ1) is 9.04. The van der Waals surface area contributed by atoms with Crippen molar-refractivity contribution in [1.29, 1.82) is 5.26 Å². The highest BCUT2D eigenvalue weighted by atomic mass is 79.9. The van der Waals surface area contributed by atoms with Crippen LogP contribution in [-0.4, -0.2) is 17.5 Å². The number of hydrogen-bond donors (Lipinski definition) is 0. The van der Waals surface area contributed by atoms with Crippen molar-refractivity contribution in [2.45, 2.75) is 18.7 Å². The third kappa shape index (κ3) is 3.51. The van der Waals surface area contributed by atoms with Crippen LogP contribution in [0.5, 0.6) is 0 Å². The summed E-state index contributed by atoms with van der Waals surface area (Å²) in [6.45, 7) is 1.83. The second-order valence-corrected chi connectivity index (χ2v) is 4.14. The molecular weight excluding hydrogens is 316 g/mol. The van der Waals surface area contributed by atoms with Gasteiger partial charge in [-0.1, -0.05) is 15.9 Å². The summed E-state index contributed by atoms with van der Waals surface area (Å²) in [7, 11) is 0. The van der Waals surface area contributed by atoms with Gasteiger partial charge in [0.05, 0.1) is 35.1 Å². The number of rotatable bonds is 5. The fourth-order valence-corrected chi connectivity index (χ4v) is 2.11. The minimum Gasteiger partial charge on any atom is -0.466 e. The Hall–Kier alpha value is -1.94. The summed E-state index contributed by atoms with van der Waals surface area (Å²) < 4.78 is 4.77. The van der Waals surface area contributed by atoms with Gasteiger partial charge >= 0.3 is 5.97 Å². The molecule has 0 fully saturated rings. The molecule has 0 aliphatic carbocycles. The Morgan fingerprint density at radius 2 is 2.26 bits per heavy atom. The normalized spacial score (nSPS) is 9.74. The van der Waals surface area contributed by atoms with Crippen LogP contribution in [0.3, 0.4) is 0 Å². The molecule has 100 valence electrons. The first-order valence-electron chi connectivity index (χ1n) is 5.45. The fourth-order valence-electron chi connectivity index (χ4n) is 1.66. The van der Waals surface area contributed by atoms with Gasteiger partial charge in [-0.3, -0.25) is 14.9 Å². The number of nitro groups is 1. The molecule has 0 aromatic heterocycles. The van der Waals surface area contributed by atoms with Crippen molar-refractivity contribution in [3.8, 4) is 6.07 Å². The minimum absolute atomic E-state index is 0.0999. The lowest BCUT2D eigenvalue weighted by Crippen LogP contribution is -2.11.